The van der Waals surface area contributed by atoms with E-state index in [9.17, 15) is 9.59 Å². The molecule has 2 heterocycles. The van der Waals surface area contributed by atoms with Crippen LogP contribution in [0.5, 0.6) is 0 Å². The number of carbonyl (C=O) groups excluding carboxylic acids is 2. The van der Waals surface area contributed by atoms with E-state index in [0.29, 0.717) is 20.8 Å². The van der Waals surface area contributed by atoms with E-state index in [2.05, 4.69) is 10.2 Å². The Labute approximate surface area is 179 Å². The molecule has 1 aromatic rings. The van der Waals surface area contributed by atoms with Gasteiger partial charge in [0.15, 0.2) is 0 Å². The third kappa shape index (κ3) is 6.02. The number of hydrogen-bond acceptors (Lipinski definition) is 6. The van der Waals surface area contributed by atoms with E-state index in [0.717, 1.165) is 38.4 Å². The first kappa shape index (κ1) is 21.3. The van der Waals surface area contributed by atoms with Gasteiger partial charge >= 0.3 is 0 Å². The third-order valence-corrected chi connectivity index (χ3v) is 6.09. The standard InChI is InChI=1S/C19H22ClN3O3S2/c20-15-3-1-14(2-4-15)13-16-18(25)23(19(27)28-16)7-5-17(24)21-6-8-22-9-11-26-12-10-22/h1-4,13H,5-12H2,(H,21,24)/b16-13-. The van der Waals surface area contributed by atoms with Gasteiger partial charge in [0.05, 0.1) is 18.1 Å². The molecule has 150 valence electrons. The van der Waals surface area contributed by atoms with Gasteiger partial charge in [-0.1, -0.05) is 47.7 Å². The maximum Gasteiger partial charge on any atom is 0.266 e. The highest BCUT2D eigenvalue weighted by molar-refractivity contribution is 8.26. The Balaban J connectivity index is 1.44. The monoisotopic (exact) mass is 439 g/mol. The number of halogens is 1. The first-order valence-electron chi connectivity index (χ1n) is 9.10. The lowest BCUT2D eigenvalue weighted by molar-refractivity contribution is -0.123. The van der Waals surface area contributed by atoms with Gasteiger partial charge in [-0.2, -0.15) is 0 Å². The fourth-order valence-corrected chi connectivity index (χ4v) is 4.32. The third-order valence-electron chi connectivity index (χ3n) is 4.46. The van der Waals surface area contributed by atoms with Gasteiger partial charge in [-0.25, -0.2) is 0 Å². The van der Waals surface area contributed by atoms with E-state index in [1.54, 1.807) is 18.2 Å². The van der Waals surface area contributed by atoms with Crippen molar-refractivity contribution in [1.82, 2.24) is 15.1 Å². The molecule has 2 aliphatic rings. The smallest absolute Gasteiger partial charge is 0.266 e. The highest BCUT2D eigenvalue weighted by Crippen LogP contribution is 2.32. The number of ether oxygens (including phenoxy) is 1. The summed E-state index contributed by atoms with van der Waals surface area (Å²) in [6, 6.07) is 7.23. The number of rotatable bonds is 7. The zero-order chi connectivity index (χ0) is 19.9. The Hall–Kier alpha value is -1.45. The number of benzene rings is 1. The van der Waals surface area contributed by atoms with Crippen molar-refractivity contribution in [3.63, 3.8) is 0 Å². The van der Waals surface area contributed by atoms with E-state index in [-0.39, 0.29) is 24.8 Å². The molecule has 6 nitrogen and oxygen atoms in total. The molecule has 1 aromatic carbocycles. The van der Waals surface area contributed by atoms with Crippen LogP contribution in [0.15, 0.2) is 29.2 Å². The molecule has 2 amide bonds. The molecule has 28 heavy (non-hydrogen) atoms. The SMILES string of the molecule is O=C(CCN1C(=O)/C(=C/c2ccc(Cl)cc2)SC1=S)NCCN1CCOCC1. The fraction of sp³-hybridized carbons (Fsp3) is 0.421. The van der Waals surface area contributed by atoms with Crippen LogP contribution in [0, 0.1) is 0 Å². The molecule has 2 aliphatic heterocycles. The fourth-order valence-electron chi connectivity index (χ4n) is 2.88. The van der Waals surface area contributed by atoms with Crippen LogP contribution < -0.4 is 5.32 Å². The minimum absolute atomic E-state index is 0.0796. The predicted molar refractivity (Wildman–Crippen MR) is 116 cm³/mol. The summed E-state index contributed by atoms with van der Waals surface area (Å²) in [7, 11) is 0. The molecule has 0 atom stereocenters. The maximum absolute atomic E-state index is 12.6. The van der Waals surface area contributed by atoms with Crippen LogP contribution in [-0.2, 0) is 14.3 Å². The van der Waals surface area contributed by atoms with E-state index in [1.165, 1.54) is 16.7 Å². The summed E-state index contributed by atoms with van der Waals surface area (Å²) < 4.78 is 5.78. The summed E-state index contributed by atoms with van der Waals surface area (Å²) in [6.45, 7) is 4.95. The number of thiocarbonyl (C=S) groups is 1. The second-order valence-corrected chi connectivity index (χ2v) is 8.55. The van der Waals surface area contributed by atoms with E-state index >= 15 is 0 Å². The molecular weight excluding hydrogens is 418 g/mol. The van der Waals surface area contributed by atoms with E-state index in [4.69, 9.17) is 28.6 Å². The topological polar surface area (TPSA) is 61.9 Å². The van der Waals surface area contributed by atoms with Crippen molar-refractivity contribution in [2.45, 2.75) is 6.42 Å². The minimum atomic E-state index is -0.161. The highest BCUT2D eigenvalue weighted by atomic mass is 35.5. The van der Waals surface area contributed by atoms with Gasteiger partial charge in [0.25, 0.3) is 5.91 Å². The Morgan fingerprint density at radius 1 is 1.25 bits per heavy atom. The predicted octanol–water partition coefficient (Wildman–Crippen LogP) is 2.38. The van der Waals surface area contributed by atoms with Crippen LogP contribution in [-0.4, -0.2) is 71.9 Å². The number of carbonyl (C=O) groups is 2. The van der Waals surface area contributed by atoms with Crippen molar-refractivity contribution in [2.75, 3.05) is 45.9 Å². The zero-order valence-electron chi connectivity index (χ0n) is 15.4. The molecule has 3 rings (SSSR count). The average molecular weight is 440 g/mol. The largest absolute Gasteiger partial charge is 0.379 e. The molecule has 2 saturated heterocycles. The van der Waals surface area contributed by atoms with Crippen molar-refractivity contribution in [3.8, 4) is 0 Å². The molecule has 1 N–H and O–H groups in total. The Morgan fingerprint density at radius 2 is 1.96 bits per heavy atom. The first-order valence-corrected chi connectivity index (χ1v) is 10.7. The van der Waals surface area contributed by atoms with Gasteiger partial charge in [-0.05, 0) is 23.8 Å². The van der Waals surface area contributed by atoms with E-state index < -0.39 is 0 Å². The summed E-state index contributed by atoms with van der Waals surface area (Å²) in [4.78, 5) is 29.0. The number of morpholine rings is 1. The molecule has 0 saturated carbocycles. The second-order valence-electron chi connectivity index (χ2n) is 6.44. The lowest BCUT2D eigenvalue weighted by Crippen LogP contribution is -2.41. The summed E-state index contributed by atoms with van der Waals surface area (Å²) in [5.41, 5.74) is 0.880. The molecule has 2 fully saturated rings. The van der Waals surface area contributed by atoms with Crippen LogP contribution in [0.4, 0.5) is 0 Å². The van der Waals surface area contributed by atoms with Crippen molar-refractivity contribution >= 4 is 57.8 Å². The molecule has 0 aliphatic carbocycles. The van der Waals surface area contributed by atoms with Gasteiger partial charge in [-0.15, -0.1) is 0 Å². The van der Waals surface area contributed by atoms with Gasteiger partial charge in [0.1, 0.15) is 4.32 Å². The second kappa shape index (κ2) is 10.4. The quantitative estimate of drug-likeness (QED) is 0.520. The normalized spacial score (nSPS) is 19.5. The van der Waals surface area contributed by atoms with Gasteiger partial charge in [-0.3, -0.25) is 19.4 Å². The van der Waals surface area contributed by atoms with Crippen LogP contribution >= 0.6 is 35.6 Å². The Kier molecular flexibility index (Phi) is 7.87. The number of hydrogen-bond donors (Lipinski definition) is 1. The van der Waals surface area contributed by atoms with Gasteiger partial charge < -0.3 is 10.1 Å². The summed E-state index contributed by atoms with van der Waals surface area (Å²) >= 11 is 12.5. The summed E-state index contributed by atoms with van der Waals surface area (Å²) in [5, 5.41) is 3.55. The first-order chi connectivity index (χ1) is 13.5. The van der Waals surface area contributed by atoms with Crippen molar-refractivity contribution < 1.29 is 14.3 Å². The molecule has 0 unspecified atom stereocenters. The van der Waals surface area contributed by atoms with Crippen molar-refractivity contribution in [2.24, 2.45) is 0 Å². The Bertz CT molecular complexity index is 764. The summed E-state index contributed by atoms with van der Waals surface area (Å²) in [5.74, 6) is -0.241. The lowest BCUT2D eigenvalue weighted by atomic mass is 10.2. The highest BCUT2D eigenvalue weighted by Gasteiger charge is 2.32. The zero-order valence-corrected chi connectivity index (χ0v) is 17.7. The number of nitrogens with zero attached hydrogens (tertiary/aromatic N) is 2. The maximum atomic E-state index is 12.6. The number of nitrogens with one attached hydrogen (secondary N) is 1. The lowest BCUT2D eigenvalue weighted by Gasteiger charge is -2.26. The van der Waals surface area contributed by atoms with Crippen LogP contribution in [0.1, 0.15) is 12.0 Å². The van der Waals surface area contributed by atoms with Crippen molar-refractivity contribution in [3.05, 3.63) is 39.8 Å². The molecule has 0 radical (unpaired) electrons. The van der Waals surface area contributed by atoms with Crippen molar-refractivity contribution in [1.29, 1.82) is 0 Å². The number of thioether (sulfide) groups is 1. The van der Waals surface area contributed by atoms with Gasteiger partial charge in [0, 0.05) is 44.2 Å². The van der Waals surface area contributed by atoms with Gasteiger partial charge in [0.2, 0.25) is 5.91 Å². The van der Waals surface area contributed by atoms with Crippen LogP contribution in [0.3, 0.4) is 0 Å². The molecule has 9 heteroatoms. The Morgan fingerprint density at radius 3 is 2.68 bits per heavy atom. The summed E-state index contributed by atoms with van der Waals surface area (Å²) in [6.07, 6.45) is 2.02. The molecular formula is C19H22ClN3O3S2. The van der Waals surface area contributed by atoms with Crippen LogP contribution in [0.2, 0.25) is 5.02 Å². The molecule has 0 bridgehead atoms. The van der Waals surface area contributed by atoms with Crippen LogP contribution in [0.25, 0.3) is 6.08 Å². The minimum Gasteiger partial charge on any atom is -0.379 e. The van der Waals surface area contributed by atoms with E-state index in [1.807, 2.05) is 12.1 Å². The average Bonchev–Trinajstić information content (AvgIpc) is 2.96. The number of amides is 2. The molecule has 0 spiro atoms. The molecule has 0 aromatic heterocycles.